The van der Waals surface area contributed by atoms with E-state index in [4.69, 9.17) is 0 Å². The zero-order valence-electron chi connectivity index (χ0n) is 12.0. The van der Waals surface area contributed by atoms with Gasteiger partial charge in [-0.2, -0.15) is 0 Å². The van der Waals surface area contributed by atoms with Gasteiger partial charge in [-0.3, -0.25) is 9.59 Å². The second-order valence-electron chi connectivity index (χ2n) is 5.06. The molecule has 0 atom stereocenters. The molecule has 22 heavy (non-hydrogen) atoms. The number of benzene rings is 2. The molecule has 110 valence electrons. The van der Waals surface area contributed by atoms with Gasteiger partial charge < -0.3 is 10.3 Å². The highest BCUT2D eigenvalue weighted by Gasteiger charge is 2.15. The molecule has 0 aliphatic carbocycles. The predicted octanol–water partition coefficient (Wildman–Crippen LogP) is 2.71. The molecule has 1 heterocycles. The predicted molar refractivity (Wildman–Crippen MR) is 85.8 cm³/mol. The van der Waals surface area contributed by atoms with E-state index in [1.54, 1.807) is 24.3 Å². The first-order valence-electron chi connectivity index (χ1n) is 7.18. The third-order valence-corrected chi connectivity index (χ3v) is 3.60. The Morgan fingerprint density at radius 1 is 0.955 bits per heavy atom. The second kappa shape index (κ2) is 6.26. The zero-order valence-corrected chi connectivity index (χ0v) is 12.0. The molecule has 0 saturated heterocycles. The summed E-state index contributed by atoms with van der Waals surface area (Å²) in [4.78, 5) is 27.0. The van der Waals surface area contributed by atoms with Crippen LogP contribution in [0.3, 0.4) is 0 Å². The van der Waals surface area contributed by atoms with Crippen molar-refractivity contribution in [2.24, 2.45) is 0 Å². The van der Waals surface area contributed by atoms with Crippen LogP contribution in [0.15, 0.2) is 60.8 Å². The lowest BCUT2D eigenvalue weighted by molar-refractivity contribution is -0.116. The summed E-state index contributed by atoms with van der Waals surface area (Å²) in [6.45, 7) is 0.430. The second-order valence-corrected chi connectivity index (χ2v) is 5.06. The summed E-state index contributed by atoms with van der Waals surface area (Å²) in [6.07, 6.45) is 2.62. The minimum atomic E-state index is -0.564. The fraction of sp³-hybridized carbons (Fsp3) is 0.111. The average molecular weight is 292 g/mol. The van der Waals surface area contributed by atoms with Gasteiger partial charge in [0.05, 0.1) is 0 Å². The Morgan fingerprint density at radius 2 is 1.68 bits per heavy atom. The number of rotatable bonds is 5. The Labute approximate surface area is 128 Å². The Bertz CT molecular complexity index is 806. The SMILES string of the molecule is O=C(NCCc1c[nH]c2ccccc12)C(=O)c1ccccc1. The van der Waals surface area contributed by atoms with E-state index < -0.39 is 11.7 Å². The number of hydrogen-bond donors (Lipinski definition) is 2. The number of H-pyrrole nitrogens is 1. The van der Waals surface area contributed by atoms with Gasteiger partial charge in [0.1, 0.15) is 0 Å². The van der Waals surface area contributed by atoms with E-state index in [1.165, 1.54) is 0 Å². The summed E-state index contributed by atoms with van der Waals surface area (Å²) in [6, 6.07) is 16.6. The number of ketones is 1. The number of fused-ring (bicyclic) bond motifs is 1. The molecule has 2 aromatic carbocycles. The van der Waals surface area contributed by atoms with Gasteiger partial charge in [-0.1, -0.05) is 48.5 Å². The summed E-state index contributed by atoms with van der Waals surface area (Å²) < 4.78 is 0. The molecular weight excluding hydrogens is 276 g/mol. The van der Waals surface area contributed by atoms with Gasteiger partial charge >= 0.3 is 0 Å². The molecule has 0 spiro atoms. The van der Waals surface area contributed by atoms with Crippen LogP contribution in [0.25, 0.3) is 10.9 Å². The zero-order chi connectivity index (χ0) is 15.4. The van der Waals surface area contributed by atoms with Crippen molar-refractivity contribution >= 4 is 22.6 Å². The monoisotopic (exact) mass is 292 g/mol. The van der Waals surface area contributed by atoms with Crippen LogP contribution in [0, 0.1) is 0 Å². The maximum atomic E-state index is 11.9. The Hall–Kier alpha value is -2.88. The van der Waals surface area contributed by atoms with Crippen molar-refractivity contribution < 1.29 is 9.59 Å². The number of carbonyl (C=O) groups is 2. The highest BCUT2D eigenvalue weighted by molar-refractivity contribution is 6.42. The lowest BCUT2D eigenvalue weighted by Gasteiger charge is -2.04. The van der Waals surface area contributed by atoms with Gasteiger partial charge in [-0.15, -0.1) is 0 Å². The number of nitrogens with one attached hydrogen (secondary N) is 2. The number of para-hydroxylation sites is 1. The number of hydrogen-bond acceptors (Lipinski definition) is 2. The molecule has 0 aliphatic heterocycles. The molecule has 0 radical (unpaired) electrons. The lowest BCUT2D eigenvalue weighted by atomic mass is 10.1. The molecular formula is C18H16N2O2. The summed E-state index contributed by atoms with van der Waals surface area (Å²) in [7, 11) is 0. The first-order chi connectivity index (χ1) is 10.8. The molecule has 1 aromatic heterocycles. The van der Waals surface area contributed by atoms with Gasteiger partial charge in [0, 0.05) is 29.2 Å². The van der Waals surface area contributed by atoms with E-state index in [0.29, 0.717) is 18.5 Å². The van der Waals surface area contributed by atoms with Crippen LogP contribution >= 0.6 is 0 Å². The molecule has 4 nitrogen and oxygen atoms in total. The number of aromatic amines is 1. The maximum Gasteiger partial charge on any atom is 0.292 e. The largest absolute Gasteiger partial charge is 0.361 e. The minimum absolute atomic E-state index is 0.409. The fourth-order valence-corrected chi connectivity index (χ4v) is 2.45. The topological polar surface area (TPSA) is 62.0 Å². The fourth-order valence-electron chi connectivity index (χ4n) is 2.45. The molecule has 0 aliphatic rings. The number of amides is 1. The van der Waals surface area contributed by atoms with Crippen molar-refractivity contribution in [3.8, 4) is 0 Å². The first-order valence-corrected chi connectivity index (χ1v) is 7.18. The molecule has 0 saturated carbocycles. The summed E-state index contributed by atoms with van der Waals surface area (Å²) >= 11 is 0. The van der Waals surface area contributed by atoms with Crippen molar-refractivity contribution in [3.05, 3.63) is 71.9 Å². The lowest BCUT2D eigenvalue weighted by Crippen LogP contribution is -2.32. The van der Waals surface area contributed by atoms with E-state index >= 15 is 0 Å². The van der Waals surface area contributed by atoms with Crippen molar-refractivity contribution in [1.29, 1.82) is 0 Å². The molecule has 4 heteroatoms. The van der Waals surface area contributed by atoms with Gasteiger partial charge in [0.25, 0.3) is 5.91 Å². The number of carbonyl (C=O) groups excluding carboxylic acids is 2. The van der Waals surface area contributed by atoms with Gasteiger partial charge in [-0.05, 0) is 18.1 Å². The van der Waals surface area contributed by atoms with Crippen molar-refractivity contribution in [3.63, 3.8) is 0 Å². The molecule has 1 amide bonds. The smallest absolute Gasteiger partial charge is 0.292 e. The minimum Gasteiger partial charge on any atom is -0.361 e. The third-order valence-electron chi connectivity index (χ3n) is 3.60. The molecule has 0 unspecified atom stereocenters. The van der Waals surface area contributed by atoms with Crippen LogP contribution in [0.5, 0.6) is 0 Å². The van der Waals surface area contributed by atoms with Gasteiger partial charge in [-0.25, -0.2) is 0 Å². The molecule has 0 bridgehead atoms. The van der Waals surface area contributed by atoms with Crippen LogP contribution in [0.1, 0.15) is 15.9 Å². The van der Waals surface area contributed by atoms with E-state index in [2.05, 4.69) is 10.3 Å². The van der Waals surface area contributed by atoms with Crippen LogP contribution in [-0.4, -0.2) is 23.2 Å². The number of aromatic nitrogens is 1. The van der Waals surface area contributed by atoms with E-state index in [0.717, 1.165) is 16.5 Å². The van der Waals surface area contributed by atoms with Crippen molar-refractivity contribution in [2.75, 3.05) is 6.54 Å². The van der Waals surface area contributed by atoms with Crippen LogP contribution < -0.4 is 5.32 Å². The van der Waals surface area contributed by atoms with Gasteiger partial charge in [0.15, 0.2) is 0 Å². The summed E-state index contributed by atoms with van der Waals surface area (Å²) in [5.41, 5.74) is 2.61. The van der Waals surface area contributed by atoms with E-state index in [-0.39, 0.29) is 0 Å². The van der Waals surface area contributed by atoms with Crippen LogP contribution in [-0.2, 0) is 11.2 Å². The summed E-state index contributed by atoms with van der Waals surface area (Å²) in [5.74, 6) is -1.06. The Balaban J connectivity index is 1.59. The maximum absolute atomic E-state index is 11.9. The first kappa shape index (κ1) is 14.1. The summed E-state index contributed by atoms with van der Waals surface area (Å²) in [5, 5.41) is 3.83. The highest BCUT2D eigenvalue weighted by atomic mass is 16.2. The molecule has 3 rings (SSSR count). The van der Waals surface area contributed by atoms with E-state index in [1.807, 2.05) is 36.5 Å². The molecule has 3 aromatic rings. The quantitative estimate of drug-likeness (QED) is 0.561. The molecule has 0 fully saturated rings. The standard InChI is InChI=1S/C18H16N2O2/c21-17(13-6-2-1-3-7-13)18(22)19-11-10-14-12-20-16-9-5-4-8-15(14)16/h1-9,12,20H,10-11H2,(H,19,22). The molecule has 2 N–H and O–H groups in total. The average Bonchev–Trinajstić information content (AvgIpc) is 2.98. The Kier molecular flexibility index (Phi) is 4.01. The van der Waals surface area contributed by atoms with E-state index in [9.17, 15) is 9.59 Å². The van der Waals surface area contributed by atoms with Crippen molar-refractivity contribution in [2.45, 2.75) is 6.42 Å². The van der Waals surface area contributed by atoms with Crippen molar-refractivity contribution in [1.82, 2.24) is 10.3 Å². The van der Waals surface area contributed by atoms with Crippen LogP contribution in [0.4, 0.5) is 0 Å². The normalized spacial score (nSPS) is 10.5. The highest BCUT2D eigenvalue weighted by Crippen LogP contribution is 2.17. The Morgan fingerprint density at radius 3 is 2.50 bits per heavy atom. The van der Waals surface area contributed by atoms with Gasteiger partial charge in [0.2, 0.25) is 5.78 Å². The number of Topliss-reactive ketones (excluding diaryl/α,β-unsaturated/α-hetero) is 1. The van der Waals surface area contributed by atoms with Crippen LogP contribution in [0.2, 0.25) is 0 Å². The third kappa shape index (κ3) is 2.91.